The molecule has 0 radical (unpaired) electrons. The van der Waals surface area contributed by atoms with Crippen molar-refractivity contribution < 1.29 is 23.8 Å². The number of rotatable bonds is 14. The SMILES string of the molecule is CN=C(C)/C(N=Nc1c(C(=O)OC)cnn1-c1ccccc1)=C(/N)Nc1nc(OC)nc(-n2nc(C)c(N=Nc3c(C(=O)OC)cnn3-c3ccccc3)c2N(C)C)n1. The predicted molar refractivity (Wildman–Crippen MR) is 215 cm³/mol. The number of methoxy groups -OCH3 is 3. The van der Waals surface area contributed by atoms with Gasteiger partial charge in [-0.2, -0.15) is 34.9 Å². The van der Waals surface area contributed by atoms with Crippen LogP contribution in [0.1, 0.15) is 33.3 Å². The number of hydrogen-bond donors (Lipinski definition) is 2. The van der Waals surface area contributed by atoms with Gasteiger partial charge in [0.05, 0.1) is 56.5 Å². The highest BCUT2D eigenvalue weighted by Gasteiger charge is 2.25. The Balaban J connectivity index is 1.40. The minimum absolute atomic E-state index is 0.0171. The van der Waals surface area contributed by atoms with Crippen molar-refractivity contribution in [1.29, 1.82) is 0 Å². The summed E-state index contributed by atoms with van der Waals surface area (Å²) in [5.74, 6) is -0.753. The fraction of sp³-hybridized carbons (Fsp3) is 0.216. The number of azo groups is 2. The number of ether oxygens (including phenoxy) is 3. The van der Waals surface area contributed by atoms with Crippen molar-refractivity contribution in [2.75, 3.05) is 52.7 Å². The van der Waals surface area contributed by atoms with E-state index in [1.54, 1.807) is 52.0 Å². The molecular weight excluding hydrogens is 763 g/mol. The Morgan fingerprint density at radius 3 is 1.85 bits per heavy atom. The van der Waals surface area contributed by atoms with E-state index in [-0.39, 0.29) is 52.2 Å². The fourth-order valence-electron chi connectivity index (χ4n) is 5.45. The van der Waals surface area contributed by atoms with Crippen LogP contribution >= 0.6 is 0 Å². The van der Waals surface area contributed by atoms with E-state index < -0.39 is 11.9 Å². The monoisotopic (exact) mass is 801 g/mol. The molecule has 0 saturated heterocycles. The van der Waals surface area contributed by atoms with Crippen LogP contribution in [0.4, 0.5) is 29.1 Å². The second kappa shape index (κ2) is 17.7. The number of nitrogens with one attached hydrogen (secondary N) is 1. The zero-order valence-corrected chi connectivity index (χ0v) is 33.3. The van der Waals surface area contributed by atoms with Crippen LogP contribution < -0.4 is 20.7 Å². The van der Waals surface area contributed by atoms with E-state index in [2.05, 4.69) is 61.0 Å². The number of aromatic nitrogens is 9. The molecule has 0 aliphatic carbocycles. The molecule has 2 aromatic carbocycles. The lowest BCUT2D eigenvalue weighted by Crippen LogP contribution is -2.20. The lowest BCUT2D eigenvalue weighted by atomic mass is 10.3. The van der Waals surface area contributed by atoms with Gasteiger partial charge in [-0.25, -0.2) is 19.0 Å². The van der Waals surface area contributed by atoms with Crippen molar-refractivity contribution in [3.05, 3.63) is 101 Å². The Labute approximate surface area is 336 Å². The third kappa shape index (κ3) is 8.50. The number of carbonyl (C=O) groups excluding carboxylic acids is 2. The van der Waals surface area contributed by atoms with Crippen molar-refractivity contribution in [3.63, 3.8) is 0 Å². The van der Waals surface area contributed by atoms with Gasteiger partial charge in [0.1, 0.15) is 22.6 Å². The largest absolute Gasteiger partial charge is 0.467 e. The van der Waals surface area contributed by atoms with E-state index in [0.717, 1.165) is 0 Å². The van der Waals surface area contributed by atoms with Gasteiger partial charge in [-0.15, -0.1) is 20.5 Å². The zero-order chi connectivity index (χ0) is 42.2. The molecular formula is C37H39N17O5. The summed E-state index contributed by atoms with van der Waals surface area (Å²) in [7, 11) is 9.02. The topological polar surface area (TPSA) is 257 Å². The fourth-order valence-corrected chi connectivity index (χ4v) is 5.45. The van der Waals surface area contributed by atoms with Gasteiger partial charge in [0.25, 0.3) is 5.95 Å². The summed E-state index contributed by atoms with van der Waals surface area (Å²) in [6, 6.07) is 18.1. The van der Waals surface area contributed by atoms with Gasteiger partial charge in [-0.05, 0) is 38.1 Å². The standard InChI is InChI=1S/C37H39N17O5/c1-21(39-3)27(46-48-30-25(33(55)57-6)19-40-52(30)23-15-11-9-12-16-23)29(38)42-35-43-36(45-37(44-35)59-8)54-32(51(4)5)28(22(2)50-54)47-49-31-26(34(56)58-7)20-41-53(31)24-17-13-10-14-18-24/h9-20H,38H2,1-8H3,(H,42,43,44,45)/b29-27+,39-21?,48-46?,49-47?. The number of carbonyl (C=O) groups is 2. The molecule has 0 spiro atoms. The van der Waals surface area contributed by atoms with Crippen molar-refractivity contribution in [1.82, 2.24) is 44.3 Å². The maximum absolute atomic E-state index is 12.7. The van der Waals surface area contributed by atoms with Gasteiger partial charge in [0.15, 0.2) is 23.1 Å². The number of aryl methyl sites for hydroxylation is 1. The first-order chi connectivity index (χ1) is 28.5. The van der Waals surface area contributed by atoms with E-state index in [4.69, 9.17) is 19.9 Å². The van der Waals surface area contributed by atoms with Gasteiger partial charge >= 0.3 is 17.9 Å². The zero-order valence-electron chi connectivity index (χ0n) is 33.3. The average Bonchev–Trinajstić information content (AvgIpc) is 3.98. The molecule has 0 amide bonds. The first kappa shape index (κ1) is 40.5. The molecule has 302 valence electrons. The molecule has 6 aromatic rings. The molecule has 0 saturated carbocycles. The summed E-state index contributed by atoms with van der Waals surface area (Å²) in [5, 5.41) is 34.1. The molecule has 59 heavy (non-hydrogen) atoms. The summed E-state index contributed by atoms with van der Waals surface area (Å²) in [4.78, 5) is 44.7. The predicted octanol–water partition coefficient (Wildman–Crippen LogP) is 5.21. The number of nitrogens with zero attached hydrogens (tertiary/aromatic N) is 15. The van der Waals surface area contributed by atoms with Crippen molar-refractivity contribution in [3.8, 4) is 23.3 Å². The average molecular weight is 802 g/mol. The lowest BCUT2D eigenvalue weighted by molar-refractivity contribution is 0.0592. The first-order valence-corrected chi connectivity index (χ1v) is 17.5. The van der Waals surface area contributed by atoms with Gasteiger partial charge in [-0.1, -0.05) is 36.4 Å². The molecule has 0 bridgehead atoms. The normalized spacial score (nSPS) is 12.2. The summed E-state index contributed by atoms with van der Waals surface area (Å²) in [5.41, 5.74) is 9.28. The van der Waals surface area contributed by atoms with E-state index in [0.29, 0.717) is 34.3 Å². The van der Waals surface area contributed by atoms with Crippen LogP contribution in [0.15, 0.2) is 110 Å². The smallest absolute Gasteiger partial charge is 0.343 e. The maximum Gasteiger partial charge on any atom is 0.343 e. The second-order valence-corrected chi connectivity index (χ2v) is 12.3. The van der Waals surface area contributed by atoms with Crippen LogP contribution in [-0.2, 0) is 9.47 Å². The highest BCUT2D eigenvalue weighted by Crippen LogP contribution is 2.35. The Morgan fingerprint density at radius 2 is 1.34 bits per heavy atom. The van der Waals surface area contributed by atoms with Crippen LogP contribution in [0, 0.1) is 6.92 Å². The van der Waals surface area contributed by atoms with E-state index >= 15 is 0 Å². The summed E-state index contributed by atoms with van der Waals surface area (Å²) in [6.07, 6.45) is 2.70. The Bertz CT molecular complexity index is 2610. The number of hydrogen-bond acceptors (Lipinski definition) is 19. The number of para-hydroxylation sites is 2. The molecule has 6 rings (SSSR count). The number of allylic oxidation sites excluding steroid dienone is 1. The van der Waals surface area contributed by atoms with Crippen molar-refractivity contribution >= 4 is 46.7 Å². The van der Waals surface area contributed by atoms with Crippen LogP contribution in [-0.4, -0.2) is 104 Å². The third-order valence-corrected chi connectivity index (χ3v) is 8.37. The molecule has 0 aliphatic rings. The van der Waals surface area contributed by atoms with Gasteiger partial charge in [0, 0.05) is 21.1 Å². The molecule has 4 aromatic heterocycles. The molecule has 22 nitrogen and oxygen atoms in total. The Morgan fingerprint density at radius 1 is 0.780 bits per heavy atom. The summed E-state index contributed by atoms with van der Waals surface area (Å²) >= 11 is 0. The van der Waals surface area contributed by atoms with Gasteiger partial charge < -0.3 is 30.2 Å². The highest BCUT2D eigenvalue weighted by molar-refractivity contribution is 5.99. The van der Waals surface area contributed by atoms with Crippen LogP contribution in [0.5, 0.6) is 6.01 Å². The molecule has 4 heterocycles. The molecule has 0 aliphatic heterocycles. The van der Waals surface area contributed by atoms with E-state index in [1.807, 2.05) is 48.5 Å². The van der Waals surface area contributed by atoms with E-state index in [9.17, 15) is 9.59 Å². The van der Waals surface area contributed by atoms with Crippen LogP contribution in [0.25, 0.3) is 17.3 Å². The maximum atomic E-state index is 12.7. The molecule has 22 heteroatoms. The number of aliphatic imine (C=N–C) groups is 1. The van der Waals surface area contributed by atoms with Gasteiger partial charge in [0.2, 0.25) is 5.95 Å². The van der Waals surface area contributed by atoms with E-state index in [1.165, 1.54) is 47.8 Å². The van der Waals surface area contributed by atoms with Gasteiger partial charge in [-0.3, -0.25) is 4.99 Å². The molecule has 3 N–H and O–H groups in total. The number of esters is 2. The third-order valence-electron chi connectivity index (χ3n) is 8.37. The quantitative estimate of drug-likeness (QED) is 0.0814. The molecule has 0 atom stereocenters. The van der Waals surface area contributed by atoms with Crippen LogP contribution in [0.2, 0.25) is 0 Å². The summed E-state index contributed by atoms with van der Waals surface area (Å²) in [6.45, 7) is 3.40. The van der Waals surface area contributed by atoms with Crippen molar-refractivity contribution in [2.45, 2.75) is 13.8 Å². The number of anilines is 2. The highest BCUT2D eigenvalue weighted by atomic mass is 16.5. The molecule has 0 unspecified atom stereocenters. The Kier molecular flexibility index (Phi) is 12.2. The summed E-state index contributed by atoms with van der Waals surface area (Å²) < 4.78 is 19.7. The lowest BCUT2D eigenvalue weighted by Gasteiger charge is -2.15. The molecule has 0 fully saturated rings. The van der Waals surface area contributed by atoms with Crippen LogP contribution in [0.3, 0.4) is 0 Å². The van der Waals surface area contributed by atoms with Crippen molar-refractivity contribution in [2.24, 2.45) is 31.2 Å². The number of benzene rings is 2. The second-order valence-electron chi connectivity index (χ2n) is 12.3. The first-order valence-electron chi connectivity index (χ1n) is 17.5. The minimum Gasteiger partial charge on any atom is -0.467 e. The minimum atomic E-state index is -0.663. The Hall–Kier alpha value is -8.17. The number of nitrogens with two attached hydrogens (primary N) is 1.